The van der Waals surface area contributed by atoms with Gasteiger partial charge in [-0.15, -0.1) is 0 Å². The van der Waals surface area contributed by atoms with Crippen molar-refractivity contribution < 1.29 is 14.3 Å². The summed E-state index contributed by atoms with van der Waals surface area (Å²) in [6, 6.07) is 4.63. The van der Waals surface area contributed by atoms with E-state index in [9.17, 15) is 9.18 Å². The van der Waals surface area contributed by atoms with Crippen LogP contribution in [0.4, 0.5) is 4.39 Å². The fourth-order valence-electron chi connectivity index (χ4n) is 3.18. The fraction of sp³-hybridized carbons (Fsp3) is 0.438. The Morgan fingerprint density at radius 2 is 2.14 bits per heavy atom. The van der Waals surface area contributed by atoms with Crippen molar-refractivity contribution in [1.29, 1.82) is 5.26 Å². The van der Waals surface area contributed by atoms with Crippen molar-refractivity contribution in [3.63, 3.8) is 0 Å². The highest BCUT2D eigenvalue weighted by molar-refractivity contribution is 5.77. The molecule has 1 aromatic heterocycles. The SMILES string of the molecule is N#Cc1cc2ncn(C[C@H]3CC[C@H](C(=O)O)CC3)c2cc1F. The number of hydrogen-bond acceptors (Lipinski definition) is 3. The molecule has 1 saturated carbocycles. The molecule has 1 aliphatic carbocycles. The average Bonchev–Trinajstić information content (AvgIpc) is 2.89. The number of carbonyl (C=O) groups is 1. The highest BCUT2D eigenvalue weighted by Gasteiger charge is 2.26. The quantitative estimate of drug-likeness (QED) is 0.945. The predicted octanol–water partition coefficient (Wildman–Crippen LogP) is 2.94. The minimum absolute atomic E-state index is 0.000263. The van der Waals surface area contributed by atoms with E-state index >= 15 is 0 Å². The van der Waals surface area contributed by atoms with E-state index in [0.717, 1.165) is 12.8 Å². The van der Waals surface area contributed by atoms with Crippen LogP contribution < -0.4 is 0 Å². The molecule has 0 aliphatic heterocycles. The van der Waals surface area contributed by atoms with Crippen LogP contribution in [0.1, 0.15) is 31.2 Å². The van der Waals surface area contributed by atoms with Gasteiger partial charge in [0.05, 0.1) is 28.8 Å². The number of aliphatic carboxylic acids is 1. The van der Waals surface area contributed by atoms with Crippen LogP contribution in [0, 0.1) is 29.0 Å². The lowest BCUT2D eigenvalue weighted by molar-refractivity contribution is -0.143. The first-order valence-corrected chi connectivity index (χ1v) is 7.35. The van der Waals surface area contributed by atoms with E-state index in [1.54, 1.807) is 6.33 Å². The maximum absolute atomic E-state index is 13.8. The van der Waals surface area contributed by atoms with E-state index in [4.69, 9.17) is 10.4 Å². The van der Waals surface area contributed by atoms with E-state index < -0.39 is 11.8 Å². The van der Waals surface area contributed by atoms with Crippen LogP contribution >= 0.6 is 0 Å². The van der Waals surface area contributed by atoms with Gasteiger partial charge in [0.25, 0.3) is 0 Å². The van der Waals surface area contributed by atoms with Crippen molar-refractivity contribution in [3.05, 3.63) is 29.8 Å². The Labute approximate surface area is 127 Å². The number of benzene rings is 1. The molecule has 0 saturated heterocycles. The van der Waals surface area contributed by atoms with Gasteiger partial charge in [0, 0.05) is 12.6 Å². The molecule has 3 rings (SSSR count). The Bertz CT molecular complexity index is 755. The normalized spacial score (nSPS) is 21.6. The Hall–Kier alpha value is -2.42. The highest BCUT2D eigenvalue weighted by Crippen LogP contribution is 2.31. The van der Waals surface area contributed by atoms with Gasteiger partial charge in [0.15, 0.2) is 0 Å². The van der Waals surface area contributed by atoms with Gasteiger partial charge in [-0.2, -0.15) is 5.26 Å². The Morgan fingerprint density at radius 3 is 2.77 bits per heavy atom. The van der Waals surface area contributed by atoms with E-state index in [1.807, 2.05) is 10.6 Å². The molecule has 0 radical (unpaired) electrons. The third-order valence-corrected chi connectivity index (χ3v) is 4.48. The van der Waals surface area contributed by atoms with Crippen LogP contribution in [0.25, 0.3) is 11.0 Å². The Kier molecular flexibility index (Phi) is 3.80. The van der Waals surface area contributed by atoms with Crippen molar-refractivity contribution in [2.24, 2.45) is 11.8 Å². The number of imidazole rings is 1. The van der Waals surface area contributed by atoms with Crippen LogP contribution in [0.2, 0.25) is 0 Å². The fourth-order valence-corrected chi connectivity index (χ4v) is 3.18. The molecule has 1 heterocycles. The van der Waals surface area contributed by atoms with Crippen LogP contribution in [0.15, 0.2) is 18.5 Å². The highest BCUT2D eigenvalue weighted by atomic mass is 19.1. The first-order valence-electron chi connectivity index (χ1n) is 7.35. The number of nitriles is 1. The number of carboxylic acids is 1. The zero-order valence-electron chi connectivity index (χ0n) is 12.0. The van der Waals surface area contributed by atoms with E-state index in [0.29, 0.717) is 36.3 Å². The minimum atomic E-state index is -0.711. The summed E-state index contributed by atoms with van der Waals surface area (Å²) in [7, 11) is 0. The third kappa shape index (κ3) is 2.67. The number of halogens is 1. The van der Waals surface area contributed by atoms with Crippen molar-refractivity contribution in [2.45, 2.75) is 32.2 Å². The maximum Gasteiger partial charge on any atom is 0.306 e. The van der Waals surface area contributed by atoms with Crippen molar-refractivity contribution in [3.8, 4) is 6.07 Å². The largest absolute Gasteiger partial charge is 0.481 e. The zero-order chi connectivity index (χ0) is 15.7. The van der Waals surface area contributed by atoms with Gasteiger partial charge in [-0.25, -0.2) is 9.37 Å². The lowest BCUT2D eigenvalue weighted by Gasteiger charge is -2.26. The van der Waals surface area contributed by atoms with Gasteiger partial charge in [-0.05, 0) is 37.7 Å². The molecule has 114 valence electrons. The molecule has 0 bridgehead atoms. The molecule has 2 aromatic rings. The number of aromatic nitrogens is 2. The van der Waals surface area contributed by atoms with Gasteiger partial charge < -0.3 is 9.67 Å². The summed E-state index contributed by atoms with van der Waals surface area (Å²) >= 11 is 0. The molecule has 0 amide bonds. The number of hydrogen-bond donors (Lipinski definition) is 1. The number of carboxylic acid groups (broad SMARTS) is 1. The average molecular weight is 301 g/mol. The van der Waals surface area contributed by atoms with E-state index in [2.05, 4.69) is 4.98 Å². The first-order chi connectivity index (χ1) is 10.6. The molecule has 1 aliphatic rings. The van der Waals surface area contributed by atoms with Gasteiger partial charge in [0.2, 0.25) is 0 Å². The number of fused-ring (bicyclic) bond motifs is 1. The Morgan fingerprint density at radius 1 is 1.41 bits per heavy atom. The van der Waals surface area contributed by atoms with Crippen molar-refractivity contribution in [2.75, 3.05) is 0 Å². The summed E-state index contributed by atoms with van der Waals surface area (Å²) in [6.45, 7) is 0.703. The molecule has 0 unspecified atom stereocenters. The van der Waals surface area contributed by atoms with Crippen molar-refractivity contribution in [1.82, 2.24) is 9.55 Å². The summed E-state index contributed by atoms with van der Waals surface area (Å²) in [4.78, 5) is 15.2. The summed E-state index contributed by atoms with van der Waals surface area (Å²) in [5.74, 6) is -1.10. The molecular weight excluding hydrogens is 285 g/mol. The predicted molar refractivity (Wildman–Crippen MR) is 77.5 cm³/mol. The molecule has 5 nitrogen and oxygen atoms in total. The Balaban J connectivity index is 1.77. The molecule has 1 aromatic carbocycles. The van der Waals surface area contributed by atoms with Gasteiger partial charge >= 0.3 is 5.97 Å². The number of nitrogens with zero attached hydrogens (tertiary/aromatic N) is 3. The number of rotatable bonds is 3. The van der Waals surface area contributed by atoms with Gasteiger partial charge in [-0.1, -0.05) is 0 Å². The van der Waals surface area contributed by atoms with Gasteiger partial charge in [-0.3, -0.25) is 4.79 Å². The molecular formula is C16H16FN3O2. The lowest BCUT2D eigenvalue weighted by Crippen LogP contribution is -2.23. The molecule has 1 fully saturated rings. The summed E-state index contributed by atoms with van der Waals surface area (Å²) < 4.78 is 15.7. The molecule has 0 spiro atoms. The summed E-state index contributed by atoms with van der Waals surface area (Å²) in [5.41, 5.74) is 1.29. The van der Waals surface area contributed by atoms with Crippen LogP contribution in [0.3, 0.4) is 0 Å². The van der Waals surface area contributed by atoms with Crippen LogP contribution in [-0.2, 0) is 11.3 Å². The second-order valence-electron chi connectivity index (χ2n) is 5.89. The topological polar surface area (TPSA) is 78.9 Å². The third-order valence-electron chi connectivity index (χ3n) is 4.48. The van der Waals surface area contributed by atoms with Crippen molar-refractivity contribution >= 4 is 17.0 Å². The molecule has 22 heavy (non-hydrogen) atoms. The lowest BCUT2D eigenvalue weighted by atomic mass is 9.82. The second-order valence-corrected chi connectivity index (χ2v) is 5.89. The second kappa shape index (κ2) is 5.76. The summed E-state index contributed by atoms with van der Waals surface area (Å²) in [6.07, 6.45) is 4.76. The minimum Gasteiger partial charge on any atom is -0.481 e. The van der Waals surface area contributed by atoms with Crippen LogP contribution in [0.5, 0.6) is 0 Å². The molecule has 1 N–H and O–H groups in total. The van der Waals surface area contributed by atoms with Gasteiger partial charge in [0.1, 0.15) is 11.9 Å². The monoisotopic (exact) mass is 301 g/mol. The van der Waals surface area contributed by atoms with E-state index in [-0.39, 0.29) is 11.5 Å². The smallest absolute Gasteiger partial charge is 0.306 e. The van der Waals surface area contributed by atoms with E-state index in [1.165, 1.54) is 12.1 Å². The standard InChI is InChI=1S/C16H16FN3O2/c17-13-6-15-14(5-12(13)7-18)19-9-20(15)8-10-1-3-11(4-2-10)16(21)22/h5-6,9-11H,1-4,8H2,(H,21,22)/t10-,11-. The maximum atomic E-state index is 13.8. The zero-order valence-corrected chi connectivity index (χ0v) is 12.0. The summed E-state index contributed by atoms with van der Waals surface area (Å²) in [5, 5.41) is 17.9. The first kappa shape index (κ1) is 14.5. The molecule has 0 atom stereocenters. The van der Waals surface area contributed by atoms with Crippen LogP contribution in [-0.4, -0.2) is 20.6 Å². The molecule has 6 heteroatoms.